The molecule has 1 fully saturated rings. The first kappa shape index (κ1) is 18.2. The summed E-state index contributed by atoms with van der Waals surface area (Å²) in [6, 6.07) is 7.77. The normalized spacial score (nSPS) is 26.2. The summed E-state index contributed by atoms with van der Waals surface area (Å²) in [4.78, 5) is 29.4. The van der Waals surface area contributed by atoms with Gasteiger partial charge in [-0.3, -0.25) is 4.90 Å². The van der Waals surface area contributed by atoms with E-state index in [1.165, 1.54) is 29.3 Å². The van der Waals surface area contributed by atoms with E-state index in [4.69, 9.17) is 4.74 Å². The van der Waals surface area contributed by atoms with Gasteiger partial charge in [0.15, 0.2) is 6.04 Å². The van der Waals surface area contributed by atoms with E-state index in [9.17, 15) is 9.70 Å². The van der Waals surface area contributed by atoms with Crippen molar-refractivity contribution in [3.05, 3.63) is 40.4 Å². The molecule has 2 aliphatic rings. The number of nitroso groups, excluding NO2 is 1. The molecule has 0 bridgehead atoms. The lowest BCUT2D eigenvalue weighted by atomic mass is 9.76. The van der Waals surface area contributed by atoms with Gasteiger partial charge in [-0.1, -0.05) is 30.3 Å². The number of hydrogen-bond acceptors (Lipinski definition) is 5. The first-order chi connectivity index (χ1) is 13.2. The van der Waals surface area contributed by atoms with Crippen molar-refractivity contribution in [2.24, 2.45) is 11.1 Å². The van der Waals surface area contributed by atoms with Crippen molar-refractivity contribution >= 4 is 16.9 Å². The molecule has 0 spiro atoms. The number of benzene rings is 1. The highest BCUT2D eigenvalue weighted by Crippen LogP contribution is 2.48. The fraction of sp³-hybridized carbons (Fsp3) is 0.571. The molecule has 1 aromatic heterocycles. The Bertz CT molecular complexity index is 846. The summed E-state index contributed by atoms with van der Waals surface area (Å²) < 4.78 is 4.78. The number of ether oxygens (including phenoxy) is 1. The number of hydrogen-bond donors (Lipinski definition) is 1. The minimum absolute atomic E-state index is 0.206. The molecule has 4 unspecified atom stereocenters. The van der Waals surface area contributed by atoms with Crippen LogP contribution in [0, 0.1) is 10.8 Å². The Kier molecular flexibility index (Phi) is 5.00. The first-order valence-corrected chi connectivity index (χ1v) is 9.92. The van der Waals surface area contributed by atoms with Crippen molar-refractivity contribution in [3.63, 3.8) is 0 Å². The molecule has 6 nitrogen and oxygen atoms in total. The lowest BCUT2D eigenvalue weighted by Gasteiger charge is -2.46. The molecule has 0 saturated carbocycles. The fourth-order valence-corrected chi connectivity index (χ4v) is 5.19. The molecule has 4 rings (SSSR count). The van der Waals surface area contributed by atoms with E-state index < -0.39 is 12.0 Å². The smallest absolute Gasteiger partial charge is 0.334 e. The van der Waals surface area contributed by atoms with E-state index in [-0.39, 0.29) is 12.0 Å². The number of aromatic nitrogens is 1. The van der Waals surface area contributed by atoms with Gasteiger partial charge in [-0.15, -0.1) is 4.91 Å². The first-order valence-electron chi connectivity index (χ1n) is 9.92. The number of piperidine rings is 1. The number of esters is 1. The molecule has 4 atom stereocenters. The summed E-state index contributed by atoms with van der Waals surface area (Å²) in [7, 11) is 1.32. The Morgan fingerprint density at radius 2 is 2.22 bits per heavy atom. The summed E-state index contributed by atoms with van der Waals surface area (Å²) in [5.41, 5.74) is 3.87. The molecule has 3 heterocycles. The Morgan fingerprint density at radius 1 is 1.41 bits per heavy atom. The maximum absolute atomic E-state index is 11.9. The van der Waals surface area contributed by atoms with E-state index in [0.29, 0.717) is 12.3 Å². The maximum atomic E-state index is 11.9. The number of para-hydroxylation sites is 1. The Hall–Kier alpha value is -2.21. The third-order valence-corrected chi connectivity index (χ3v) is 6.42. The van der Waals surface area contributed by atoms with Gasteiger partial charge < -0.3 is 9.72 Å². The minimum Gasteiger partial charge on any atom is -0.467 e. The van der Waals surface area contributed by atoms with Gasteiger partial charge in [-0.2, -0.15) is 0 Å². The van der Waals surface area contributed by atoms with Gasteiger partial charge >= 0.3 is 5.97 Å². The highest BCUT2D eigenvalue weighted by atomic mass is 16.5. The lowest BCUT2D eigenvalue weighted by Crippen LogP contribution is -2.45. The van der Waals surface area contributed by atoms with Gasteiger partial charge in [-0.05, 0) is 55.7 Å². The van der Waals surface area contributed by atoms with Crippen LogP contribution in [0.25, 0.3) is 10.9 Å². The molecule has 1 saturated heterocycles. The topological polar surface area (TPSA) is 74.8 Å². The molecule has 0 radical (unpaired) electrons. The molecular formula is C21H27N3O3. The summed E-state index contributed by atoms with van der Waals surface area (Å²) in [5.74, 6) is 0.193. The van der Waals surface area contributed by atoms with E-state index in [1.54, 1.807) is 0 Å². The quantitative estimate of drug-likeness (QED) is 0.635. The Labute approximate surface area is 159 Å². The van der Waals surface area contributed by atoms with Crippen LogP contribution in [0.2, 0.25) is 0 Å². The zero-order valence-electron chi connectivity index (χ0n) is 16.0. The van der Waals surface area contributed by atoms with Crippen molar-refractivity contribution in [1.82, 2.24) is 9.88 Å². The van der Waals surface area contributed by atoms with Crippen molar-refractivity contribution in [1.29, 1.82) is 0 Å². The predicted octanol–water partition coefficient (Wildman–Crippen LogP) is 4.13. The number of aromatic amines is 1. The zero-order chi connectivity index (χ0) is 19.0. The van der Waals surface area contributed by atoms with Crippen LogP contribution in [0.5, 0.6) is 0 Å². The number of methoxy groups -OCH3 is 1. The van der Waals surface area contributed by atoms with Gasteiger partial charge in [-0.25, -0.2) is 4.79 Å². The lowest BCUT2D eigenvalue weighted by molar-refractivity contribution is -0.142. The number of carbonyl (C=O) groups excluding carboxylic acids is 1. The van der Waals surface area contributed by atoms with E-state index in [2.05, 4.69) is 46.2 Å². The van der Waals surface area contributed by atoms with Crippen molar-refractivity contribution in [3.8, 4) is 0 Å². The fourth-order valence-electron chi connectivity index (χ4n) is 5.19. The molecule has 1 N–H and O–H groups in total. The van der Waals surface area contributed by atoms with Crippen LogP contribution in [-0.4, -0.2) is 42.1 Å². The highest BCUT2D eigenvalue weighted by Gasteiger charge is 2.42. The number of H-pyrrole nitrogens is 1. The Morgan fingerprint density at radius 3 is 2.96 bits per heavy atom. The van der Waals surface area contributed by atoms with Crippen LogP contribution < -0.4 is 0 Å². The second-order valence-electron chi connectivity index (χ2n) is 7.83. The average molecular weight is 369 g/mol. The van der Waals surface area contributed by atoms with Crippen LogP contribution in [0.3, 0.4) is 0 Å². The van der Waals surface area contributed by atoms with Crippen LogP contribution in [0.4, 0.5) is 0 Å². The average Bonchev–Trinajstić information content (AvgIpc) is 3.10. The van der Waals surface area contributed by atoms with Gasteiger partial charge in [0.25, 0.3) is 0 Å². The van der Waals surface area contributed by atoms with E-state index in [1.807, 2.05) is 0 Å². The maximum Gasteiger partial charge on any atom is 0.334 e. The van der Waals surface area contributed by atoms with Crippen molar-refractivity contribution in [2.75, 3.05) is 20.2 Å². The second-order valence-corrected chi connectivity index (χ2v) is 7.83. The molecule has 2 aliphatic heterocycles. The third-order valence-electron chi connectivity index (χ3n) is 6.42. The number of rotatable bonds is 5. The van der Waals surface area contributed by atoms with Gasteiger partial charge in [0, 0.05) is 23.1 Å². The molecule has 2 aromatic rings. The SMILES string of the molecule is CCC1CN2CCCC(CC(N=O)C(=O)OC)C2c2[nH]c3ccccc3c21. The molecule has 0 amide bonds. The number of nitrogens with one attached hydrogen (secondary N) is 1. The second kappa shape index (κ2) is 7.43. The number of nitrogens with zero attached hydrogens (tertiary/aromatic N) is 2. The molecule has 144 valence electrons. The largest absolute Gasteiger partial charge is 0.467 e. The van der Waals surface area contributed by atoms with Crippen molar-refractivity contribution in [2.45, 2.75) is 50.6 Å². The minimum atomic E-state index is -0.920. The summed E-state index contributed by atoms with van der Waals surface area (Å²) >= 11 is 0. The monoisotopic (exact) mass is 369 g/mol. The summed E-state index contributed by atoms with van der Waals surface area (Å²) in [6.07, 6.45) is 3.63. The van der Waals surface area contributed by atoms with Crippen molar-refractivity contribution < 1.29 is 9.53 Å². The standard InChI is InChI=1S/C21H27N3O3/c1-3-13-12-24-10-6-7-14(11-17(23-26)21(25)27-2)20(24)19-18(13)15-8-4-5-9-16(15)22-19/h4-5,8-9,13-14,17,20,22H,3,6-7,10-12H2,1-2H3. The van der Waals surface area contributed by atoms with E-state index in [0.717, 1.165) is 32.4 Å². The predicted molar refractivity (Wildman–Crippen MR) is 105 cm³/mol. The van der Waals surface area contributed by atoms with Crippen LogP contribution in [0.1, 0.15) is 55.8 Å². The molecule has 6 heteroatoms. The zero-order valence-corrected chi connectivity index (χ0v) is 16.0. The van der Waals surface area contributed by atoms with Crippen LogP contribution >= 0.6 is 0 Å². The third kappa shape index (κ3) is 3.06. The molecule has 0 aliphatic carbocycles. The van der Waals surface area contributed by atoms with E-state index >= 15 is 0 Å². The summed E-state index contributed by atoms with van der Waals surface area (Å²) in [5, 5.41) is 4.37. The summed E-state index contributed by atoms with van der Waals surface area (Å²) in [6.45, 7) is 4.34. The van der Waals surface area contributed by atoms with Gasteiger partial charge in [0.2, 0.25) is 0 Å². The molecule has 1 aromatic carbocycles. The molecule has 27 heavy (non-hydrogen) atoms. The van der Waals surface area contributed by atoms with Gasteiger partial charge in [0.05, 0.1) is 13.2 Å². The Balaban J connectivity index is 1.75. The van der Waals surface area contributed by atoms with Gasteiger partial charge in [0.1, 0.15) is 0 Å². The molecular weight excluding hydrogens is 342 g/mol. The number of carbonyl (C=O) groups is 1. The van der Waals surface area contributed by atoms with Crippen LogP contribution in [0.15, 0.2) is 29.4 Å². The number of fused-ring (bicyclic) bond motifs is 5. The highest BCUT2D eigenvalue weighted by molar-refractivity contribution is 5.85. The van der Waals surface area contributed by atoms with Crippen LogP contribution in [-0.2, 0) is 9.53 Å².